The Bertz CT molecular complexity index is 916. The number of hydrogen-bond acceptors (Lipinski definition) is 5. The first-order valence-corrected chi connectivity index (χ1v) is 8.32. The summed E-state index contributed by atoms with van der Waals surface area (Å²) < 4.78 is 15.3. The summed E-state index contributed by atoms with van der Waals surface area (Å²) in [4.78, 5) is 25.4. The van der Waals surface area contributed by atoms with Crippen molar-refractivity contribution in [3.05, 3.63) is 72.9 Å². The molecule has 0 saturated heterocycles. The minimum atomic E-state index is -0.550. The van der Waals surface area contributed by atoms with Gasteiger partial charge in [-0.1, -0.05) is 18.7 Å². The summed E-state index contributed by atoms with van der Waals surface area (Å²) in [5, 5.41) is 0. The number of carbonyl (C=O) groups excluding carboxylic acids is 2. The van der Waals surface area contributed by atoms with E-state index in [1.165, 1.54) is 7.11 Å². The highest BCUT2D eigenvalue weighted by Gasteiger charge is 2.48. The molecule has 0 saturated carbocycles. The van der Waals surface area contributed by atoms with E-state index in [-0.39, 0.29) is 11.0 Å². The van der Waals surface area contributed by atoms with Gasteiger partial charge in [-0.2, -0.15) is 9.28 Å². The number of ether oxygens (including phenoxy) is 3. The zero-order valence-corrected chi connectivity index (χ0v) is 15.2. The molecule has 6 nitrogen and oxygen atoms in total. The summed E-state index contributed by atoms with van der Waals surface area (Å²) in [6.07, 6.45) is 2.62. The predicted molar refractivity (Wildman–Crippen MR) is 102 cm³/mol. The van der Waals surface area contributed by atoms with Gasteiger partial charge in [0.25, 0.3) is 0 Å². The topological polar surface area (TPSA) is 61.8 Å². The third kappa shape index (κ3) is 3.22. The third-order valence-corrected chi connectivity index (χ3v) is 4.39. The average Bonchev–Trinajstić information content (AvgIpc) is 3.04. The normalized spacial score (nSPS) is 17.5. The van der Waals surface area contributed by atoms with Crippen LogP contribution in [0.25, 0.3) is 5.57 Å². The number of nitrogens with zero attached hydrogens (tertiary/aromatic N) is 1. The van der Waals surface area contributed by atoms with Crippen molar-refractivity contribution in [1.29, 1.82) is 0 Å². The standard InChI is InChI=1S/C21H20NO5/c1-4-13-22(21(24)27-16-11-9-15(25-2)10-12-16)14-18(20(23)26-3)17-7-5-6-8-19(17)22/h4-12,14H,1,13H2,2-3H3/q+1. The van der Waals surface area contributed by atoms with Gasteiger partial charge < -0.3 is 14.2 Å². The molecule has 0 aromatic heterocycles. The van der Waals surface area contributed by atoms with Crippen molar-refractivity contribution in [2.45, 2.75) is 0 Å². The van der Waals surface area contributed by atoms with Crippen LogP contribution in [0.5, 0.6) is 11.5 Å². The highest BCUT2D eigenvalue weighted by Crippen LogP contribution is 2.41. The van der Waals surface area contributed by atoms with Gasteiger partial charge in [0, 0.05) is 6.07 Å². The zero-order valence-electron chi connectivity index (χ0n) is 15.2. The Kier molecular flexibility index (Phi) is 5.09. The first-order valence-electron chi connectivity index (χ1n) is 8.32. The summed E-state index contributed by atoms with van der Waals surface area (Å²) in [6, 6.07) is 13.9. The van der Waals surface area contributed by atoms with Crippen molar-refractivity contribution in [2.24, 2.45) is 0 Å². The molecule has 0 N–H and O–H groups in total. The summed E-state index contributed by atoms with van der Waals surface area (Å²) in [6.45, 7) is 3.99. The zero-order chi connectivity index (χ0) is 19.4. The molecule has 0 fully saturated rings. The quantitative estimate of drug-likeness (QED) is 0.456. The molecule has 1 heterocycles. The number of fused-ring (bicyclic) bond motifs is 1. The fraction of sp³-hybridized carbons (Fsp3) is 0.143. The maximum Gasteiger partial charge on any atom is 0.531 e. The Morgan fingerprint density at radius 3 is 2.33 bits per heavy atom. The smallest absolute Gasteiger partial charge is 0.497 e. The van der Waals surface area contributed by atoms with Gasteiger partial charge in [-0.05, 0) is 36.4 Å². The van der Waals surface area contributed by atoms with Crippen molar-refractivity contribution in [1.82, 2.24) is 4.48 Å². The van der Waals surface area contributed by atoms with Gasteiger partial charge in [0.2, 0.25) is 0 Å². The van der Waals surface area contributed by atoms with Crippen molar-refractivity contribution in [3.63, 3.8) is 0 Å². The Hall–Kier alpha value is -3.38. The Balaban J connectivity index is 2.04. The van der Waals surface area contributed by atoms with Gasteiger partial charge >= 0.3 is 12.1 Å². The lowest BCUT2D eigenvalue weighted by Crippen LogP contribution is -2.50. The summed E-state index contributed by atoms with van der Waals surface area (Å²) in [5.41, 5.74) is 1.59. The van der Waals surface area contributed by atoms with Gasteiger partial charge in [-0.15, -0.1) is 0 Å². The van der Waals surface area contributed by atoms with Gasteiger partial charge in [0.15, 0.2) is 5.69 Å². The number of benzene rings is 2. The van der Waals surface area contributed by atoms with Crippen molar-refractivity contribution in [2.75, 3.05) is 20.8 Å². The molecule has 6 heteroatoms. The van der Waals surface area contributed by atoms with Crippen LogP contribution in [0.4, 0.5) is 10.5 Å². The largest absolute Gasteiger partial charge is 0.531 e. The van der Waals surface area contributed by atoms with E-state index in [9.17, 15) is 9.59 Å². The number of amides is 1. The van der Waals surface area contributed by atoms with Crippen molar-refractivity contribution < 1.29 is 23.8 Å². The van der Waals surface area contributed by atoms with Gasteiger partial charge in [-0.25, -0.2) is 4.79 Å². The number of hydrogen-bond donors (Lipinski definition) is 0. The Morgan fingerprint density at radius 2 is 1.70 bits per heavy atom. The number of rotatable bonds is 5. The Morgan fingerprint density at radius 1 is 1.04 bits per heavy atom. The third-order valence-electron chi connectivity index (χ3n) is 4.39. The summed E-state index contributed by atoms with van der Waals surface area (Å²) in [5.74, 6) is 0.521. The maximum absolute atomic E-state index is 13.2. The lowest BCUT2D eigenvalue weighted by Gasteiger charge is -2.26. The predicted octanol–water partition coefficient (Wildman–Crippen LogP) is 3.92. The van der Waals surface area contributed by atoms with Crippen LogP contribution in [0.15, 0.2) is 67.4 Å². The van der Waals surface area contributed by atoms with Gasteiger partial charge in [0.1, 0.15) is 29.8 Å². The highest BCUT2D eigenvalue weighted by atomic mass is 16.6. The molecule has 27 heavy (non-hydrogen) atoms. The number of para-hydroxylation sites is 1. The van der Waals surface area contributed by atoms with Crippen LogP contribution in [-0.2, 0) is 9.53 Å². The van der Waals surface area contributed by atoms with Crippen LogP contribution in [0, 0.1) is 0 Å². The molecular weight excluding hydrogens is 346 g/mol. The molecule has 1 unspecified atom stereocenters. The second kappa shape index (κ2) is 7.47. The molecule has 0 bridgehead atoms. The second-order valence-corrected chi connectivity index (χ2v) is 5.94. The van der Waals surface area contributed by atoms with E-state index in [1.807, 2.05) is 6.07 Å². The lowest BCUT2D eigenvalue weighted by molar-refractivity contribution is -0.133. The number of methoxy groups -OCH3 is 2. The van der Waals surface area contributed by atoms with Crippen LogP contribution in [0.2, 0.25) is 0 Å². The van der Waals surface area contributed by atoms with E-state index < -0.39 is 12.1 Å². The molecule has 1 aliphatic rings. The minimum Gasteiger partial charge on any atom is -0.497 e. The maximum atomic E-state index is 13.2. The SMILES string of the molecule is C=CC[N+]1(C(=O)Oc2ccc(OC)cc2)C=C(C(=O)OC)c2ccccc21. The molecule has 2 aromatic carbocycles. The van der Waals surface area contributed by atoms with Crippen molar-refractivity contribution in [3.8, 4) is 11.5 Å². The molecule has 1 amide bonds. The van der Waals surface area contributed by atoms with E-state index in [1.54, 1.807) is 61.9 Å². The Labute approximate surface area is 157 Å². The molecule has 1 aliphatic heterocycles. The van der Waals surface area contributed by atoms with E-state index in [0.29, 0.717) is 28.3 Å². The minimum absolute atomic E-state index is 0.229. The lowest BCUT2D eigenvalue weighted by atomic mass is 10.1. The van der Waals surface area contributed by atoms with Gasteiger partial charge in [0.05, 0.1) is 19.8 Å². The summed E-state index contributed by atoms with van der Waals surface area (Å²) in [7, 11) is 2.87. The van der Waals surface area contributed by atoms with Gasteiger partial charge in [-0.3, -0.25) is 0 Å². The molecule has 2 aromatic rings. The molecule has 0 spiro atoms. The van der Waals surface area contributed by atoms with Crippen molar-refractivity contribution >= 4 is 23.3 Å². The van der Waals surface area contributed by atoms with E-state index in [4.69, 9.17) is 14.2 Å². The highest BCUT2D eigenvalue weighted by molar-refractivity contribution is 6.21. The number of carbonyl (C=O) groups is 2. The van der Waals surface area contributed by atoms with Crippen LogP contribution in [0.3, 0.4) is 0 Å². The average molecular weight is 366 g/mol. The fourth-order valence-corrected chi connectivity index (χ4v) is 3.09. The number of quaternary nitrogens is 1. The fourth-order valence-electron chi connectivity index (χ4n) is 3.09. The first-order chi connectivity index (χ1) is 13.1. The molecule has 1 atom stereocenters. The molecule has 0 aliphatic carbocycles. The van der Waals surface area contributed by atoms with E-state index >= 15 is 0 Å². The van der Waals surface area contributed by atoms with E-state index in [2.05, 4.69) is 6.58 Å². The van der Waals surface area contributed by atoms with Crippen LogP contribution in [-0.4, -0.2) is 32.8 Å². The van der Waals surface area contributed by atoms with Crippen LogP contribution in [0.1, 0.15) is 5.56 Å². The first kappa shape index (κ1) is 18.4. The molecule has 3 rings (SSSR count). The molecule has 138 valence electrons. The molecular formula is C21H20NO5+. The van der Waals surface area contributed by atoms with Crippen LogP contribution < -0.4 is 14.0 Å². The summed E-state index contributed by atoms with van der Waals surface area (Å²) >= 11 is 0. The molecule has 0 radical (unpaired) electrons. The second-order valence-electron chi connectivity index (χ2n) is 5.94. The van der Waals surface area contributed by atoms with Crippen LogP contribution >= 0.6 is 0 Å². The number of esters is 1. The monoisotopic (exact) mass is 366 g/mol. The van der Waals surface area contributed by atoms with E-state index in [0.717, 1.165) is 0 Å².